The van der Waals surface area contributed by atoms with Gasteiger partial charge in [0.05, 0.1) is 17.6 Å². The molecule has 0 saturated heterocycles. The lowest BCUT2D eigenvalue weighted by Crippen LogP contribution is -2.22. The minimum atomic E-state index is -0.0210. The number of amides is 1. The first kappa shape index (κ1) is 24.6. The molecule has 0 spiro atoms. The summed E-state index contributed by atoms with van der Waals surface area (Å²) < 4.78 is 8.34. The van der Waals surface area contributed by atoms with E-state index in [1.165, 1.54) is 5.56 Å². The van der Waals surface area contributed by atoms with Crippen LogP contribution in [0.15, 0.2) is 60.7 Å². The molecule has 3 aromatic rings. The highest BCUT2D eigenvalue weighted by atomic mass is 16.5. The number of imidazole rings is 1. The van der Waals surface area contributed by atoms with Crippen molar-refractivity contribution in [3.8, 4) is 5.75 Å². The third kappa shape index (κ3) is 7.21. The number of nitrogens with one attached hydrogen (secondary N) is 1. The van der Waals surface area contributed by atoms with Crippen molar-refractivity contribution in [1.82, 2.24) is 14.9 Å². The van der Waals surface area contributed by atoms with Crippen LogP contribution >= 0.6 is 0 Å². The number of carbonyl (C=O) groups is 1. The second-order valence-electron chi connectivity index (χ2n) is 9.39. The molecule has 0 unspecified atom stereocenters. The lowest BCUT2D eigenvalue weighted by molar-refractivity contribution is -0.116. The lowest BCUT2D eigenvalue weighted by Gasteiger charge is -2.19. The average Bonchev–Trinajstić information content (AvgIpc) is 3.13. The molecule has 0 atom stereocenters. The largest absolute Gasteiger partial charge is 0.492 e. The molecule has 1 aromatic heterocycles. The van der Waals surface area contributed by atoms with E-state index in [0.29, 0.717) is 13.2 Å². The van der Waals surface area contributed by atoms with E-state index in [9.17, 15) is 4.79 Å². The number of unbranched alkanes of at least 4 members (excludes halogenated alkanes) is 2. The van der Waals surface area contributed by atoms with Crippen LogP contribution in [0.2, 0.25) is 0 Å². The Morgan fingerprint density at radius 3 is 2.55 bits per heavy atom. The van der Waals surface area contributed by atoms with Gasteiger partial charge in [-0.2, -0.15) is 0 Å². The summed E-state index contributed by atoms with van der Waals surface area (Å²) in [6.45, 7) is 10.6. The summed E-state index contributed by atoms with van der Waals surface area (Å²) in [5.41, 5.74) is 3.62. The summed E-state index contributed by atoms with van der Waals surface area (Å²) >= 11 is 0. The van der Waals surface area contributed by atoms with Gasteiger partial charge in [0.25, 0.3) is 0 Å². The number of hydrogen-bond acceptors (Lipinski definition) is 3. The fraction of sp³-hybridized carbons (Fsp3) is 0.429. The maximum absolute atomic E-state index is 11.5. The van der Waals surface area contributed by atoms with Crippen LogP contribution in [-0.2, 0) is 23.2 Å². The quantitative estimate of drug-likeness (QED) is 0.298. The third-order valence-electron chi connectivity index (χ3n) is 5.73. The molecule has 0 bridgehead atoms. The van der Waals surface area contributed by atoms with Gasteiger partial charge in [-0.05, 0) is 61.1 Å². The molecule has 0 radical (unpaired) electrons. The van der Waals surface area contributed by atoms with Crippen molar-refractivity contribution in [1.29, 1.82) is 0 Å². The summed E-state index contributed by atoms with van der Waals surface area (Å²) in [7, 11) is 0. The second-order valence-corrected chi connectivity index (χ2v) is 9.39. The Kier molecular flexibility index (Phi) is 8.70. The van der Waals surface area contributed by atoms with Crippen LogP contribution in [0.5, 0.6) is 5.75 Å². The molecule has 5 nitrogen and oxygen atoms in total. The van der Waals surface area contributed by atoms with Crippen molar-refractivity contribution in [2.75, 3.05) is 13.2 Å². The molecule has 0 aliphatic heterocycles. The van der Waals surface area contributed by atoms with Gasteiger partial charge in [0.2, 0.25) is 5.91 Å². The standard InChI is InChI=1S/C28H37N3O2/c1-5-11-27(32)29-19-10-6-7-14-26-30-24-12-8-9-13-25(24)31(26)20-21-33-23-17-15-22(16-18-23)28(2,3)4/h5,8-9,11-13,15-18H,6-7,10,14,19-21H2,1-4H3,(H,29,32)/b11-5+. The Morgan fingerprint density at radius 2 is 1.82 bits per heavy atom. The van der Waals surface area contributed by atoms with Crippen LogP contribution in [0.1, 0.15) is 58.3 Å². The number of benzene rings is 2. The van der Waals surface area contributed by atoms with Gasteiger partial charge in [-0.3, -0.25) is 4.79 Å². The fourth-order valence-electron chi connectivity index (χ4n) is 3.88. The van der Waals surface area contributed by atoms with E-state index >= 15 is 0 Å². The Labute approximate surface area is 197 Å². The normalized spacial score (nSPS) is 11.9. The second kappa shape index (κ2) is 11.7. The van der Waals surface area contributed by atoms with Crippen molar-refractivity contribution in [2.24, 2.45) is 0 Å². The molecule has 2 aromatic carbocycles. The van der Waals surface area contributed by atoms with Gasteiger partial charge >= 0.3 is 0 Å². The number of fused-ring (bicyclic) bond motifs is 1. The van der Waals surface area contributed by atoms with Crippen molar-refractivity contribution >= 4 is 16.9 Å². The number of rotatable bonds is 11. The molecule has 1 N–H and O–H groups in total. The first-order chi connectivity index (χ1) is 15.9. The van der Waals surface area contributed by atoms with Crippen molar-refractivity contribution in [3.05, 3.63) is 72.1 Å². The molecular weight excluding hydrogens is 410 g/mol. The lowest BCUT2D eigenvalue weighted by atomic mass is 9.87. The van der Waals surface area contributed by atoms with E-state index in [1.54, 1.807) is 12.2 Å². The van der Waals surface area contributed by atoms with Gasteiger partial charge in [0.15, 0.2) is 0 Å². The van der Waals surface area contributed by atoms with Gasteiger partial charge in [-0.1, -0.05) is 57.5 Å². The minimum absolute atomic E-state index is 0.0210. The monoisotopic (exact) mass is 447 g/mol. The molecule has 0 fully saturated rings. The molecule has 1 heterocycles. The first-order valence-electron chi connectivity index (χ1n) is 12.0. The van der Waals surface area contributed by atoms with E-state index in [0.717, 1.165) is 54.8 Å². The average molecular weight is 448 g/mol. The van der Waals surface area contributed by atoms with Gasteiger partial charge in [0.1, 0.15) is 18.2 Å². The van der Waals surface area contributed by atoms with E-state index in [1.807, 2.05) is 13.0 Å². The predicted octanol–water partition coefficient (Wildman–Crippen LogP) is 5.82. The zero-order chi connectivity index (χ0) is 23.7. The molecule has 0 saturated carbocycles. The number of allylic oxidation sites excluding steroid dienone is 1. The Balaban J connectivity index is 1.54. The van der Waals surface area contributed by atoms with Gasteiger partial charge in [-0.25, -0.2) is 4.98 Å². The summed E-state index contributed by atoms with van der Waals surface area (Å²) in [5.74, 6) is 1.97. The topological polar surface area (TPSA) is 56.2 Å². The van der Waals surface area contributed by atoms with Crippen molar-refractivity contribution < 1.29 is 9.53 Å². The molecule has 0 aliphatic rings. The molecule has 176 valence electrons. The van der Waals surface area contributed by atoms with Crippen molar-refractivity contribution in [2.45, 2.75) is 65.3 Å². The summed E-state index contributed by atoms with van der Waals surface area (Å²) in [6.07, 6.45) is 7.29. The van der Waals surface area contributed by atoms with Crippen molar-refractivity contribution in [3.63, 3.8) is 0 Å². The van der Waals surface area contributed by atoms with Crippen LogP contribution in [0.4, 0.5) is 0 Å². The smallest absolute Gasteiger partial charge is 0.243 e. The van der Waals surface area contributed by atoms with E-state index in [2.05, 4.69) is 73.1 Å². The van der Waals surface area contributed by atoms with Gasteiger partial charge in [-0.15, -0.1) is 0 Å². The Hall–Kier alpha value is -3.08. The van der Waals surface area contributed by atoms with Gasteiger partial charge in [0, 0.05) is 13.0 Å². The molecule has 1 amide bonds. The molecule has 33 heavy (non-hydrogen) atoms. The number of nitrogens with zero attached hydrogens (tertiary/aromatic N) is 2. The third-order valence-corrected chi connectivity index (χ3v) is 5.73. The maximum atomic E-state index is 11.5. The molecule has 5 heteroatoms. The Bertz CT molecular complexity index is 1060. The summed E-state index contributed by atoms with van der Waals surface area (Å²) in [5, 5.41) is 2.91. The highest BCUT2D eigenvalue weighted by Crippen LogP contribution is 2.24. The van der Waals surface area contributed by atoms with E-state index in [4.69, 9.17) is 9.72 Å². The number of aromatic nitrogens is 2. The zero-order valence-corrected chi connectivity index (χ0v) is 20.4. The van der Waals surface area contributed by atoms with E-state index < -0.39 is 0 Å². The minimum Gasteiger partial charge on any atom is -0.492 e. The van der Waals surface area contributed by atoms with Crippen LogP contribution in [0.3, 0.4) is 0 Å². The van der Waals surface area contributed by atoms with Crippen LogP contribution < -0.4 is 10.1 Å². The number of hydrogen-bond donors (Lipinski definition) is 1. The molecular formula is C28H37N3O2. The number of carbonyl (C=O) groups excluding carboxylic acids is 1. The summed E-state index contributed by atoms with van der Waals surface area (Å²) in [4.78, 5) is 16.4. The number of ether oxygens (including phenoxy) is 1. The first-order valence-corrected chi connectivity index (χ1v) is 12.0. The highest BCUT2D eigenvalue weighted by Gasteiger charge is 2.13. The van der Waals surface area contributed by atoms with E-state index in [-0.39, 0.29) is 11.3 Å². The molecule has 3 rings (SSSR count). The number of aryl methyl sites for hydroxylation is 1. The predicted molar refractivity (Wildman–Crippen MR) is 136 cm³/mol. The SMILES string of the molecule is C/C=C/C(=O)NCCCCCc1nc2ccccc2n1CCOc1ccc(C(C)(C)C)cc1. The highest BCUT2D eigenvalue weighted by molar-refractivity contribution is 5.87. The number of para-hydroxylation sites is 2. The van der Waals surface area contributed by atoms with Gasteiger partial charge < -0.3 is 14.6 Å². The van der Waals surface area contributed by atoms with Crippen LogP contribution in [0, 0.1) is 0 Å². The Morgan fingerprint density at radius 1 is 1.06 bits per heavy atom. The zero-order valence-electron chi connectivity index (χ0n) is 20.4. The maximum Gasteiger partial charge on any atom is 0.243 e. The van der Waals surface area contributed by atoms with Crippen LogP contribution in [0.25, 0.3) is 11.0 Å². The van der Waals surface area contributed by atoms with Crippen LogP contribution in [-0.4, -0.2) is 28.6 Å². The summed E-state index contributed by atoms with van der Waals surface area (Å²) in [6, 6.07) is 16.7. The molecule has 0 aliphatic carbocycles. The fourth-order valence-corrected chi connectivity index (χ4v) is 3.88.